The molecule has 0 spiro atoms. The maximum absolute atomic E-state index is 12.2. The standard InChI is InChI=1S/C17H20N4O3S/c1-20(2)25(22,23)12-15-10-24-11-16(15)21-8-7-19-17(21)14-5-3-13(9-18)4-6-14/h3-8,15-16H,10-12H2,1-2H3/t15-,16+/m0/s1. The molecule has 0 saturated carbocycles. The second kappa shape index (κ2) is 6.96. The van der Waals surface area contributed by atoms with Crippen LogP contribution in [0.3, 0.4) is 0 Å². The Hall–Kier alpha value is -2.21. The third-order valence-electron chi connectivity index (χ3n) is 4.44. The second-order valence-corrected chi connectivity index (χ2v) is 8.50. The van der Waals surface area contributed by atoms with Crippen LogP contribution in [-0.2, 0) is 14.8 Å². The second-order valence-electron chi connectivity index (χ2n) is 6.27. The normalized spacial score (nSPS) is 20.7. The van der Waals surface area contributed by atoms with Crippen molar-refractivity contribution in [1.82, 2.24) is 13.9 Å². The minimum atomic E-state index is -3.31. The maximum Gasteiger partial charge on any atom is 0.214 e. The highest BCUT2D eigenvalue weighted by Crippen LogP contribution is 2.31. The predicted molar refractivity (Wildman–Crippen MR) is 93.2 cm³/mol. The molecule has 1 aromatic carbocycles. The van der Waals surface area contributed by atoms with Crippen LogP contribution < -0.4 is 0 Å². The minimum absolute atomic E-state index is 0.0374. The summed E-state index contributed by atoms with van der Waals surface area (Å²) >= 11 is 0. The number of rotatable bonds is 5. The van der Waals surface area contributed by atoms with Crippen LogP contribution in [0, 0.1) is 17.2 Å². The van der Waals surface area contributed by atoms with Crippen molar-refractivity contribution < 1.29 is 13.2 Å². The Morgan fingerprint density at radius 2 is 2.04 bits per heavy atom. The van der Waals surface area contributed by atoms with Crippen molar-refractivity contribution in [2.75, 3.05) is 33.1 Å². The van der Waals surface area contributed by atoms with Crippen molar-refractivity contribution in [2.45, 2.75) is 6.04 Å². The monoisotopic (exact) mass is 360 g/mol. The van der Waals surface area contributed by atoms with Gasteiger partial charge in [0.15, 0.2) is 0 Å². The van der Waals surface area contributed by atoms with E-state index in [1.807, 2.05) is 22.9 Å². The number of benzene rings is 1. The van der Waals surface area contributed by atoms with Gasteiger partial charge in [-0.05, 0) is 24.3 Å². The van der Waals surface area contributed by atoms with Gasteiger partial charge in [-0.25, -0.2) is 17.7 Å². The van der Waals surface area contributed by atoms with Gasteiger partial charge in [0.25, 0.3) is 0 Å². The van der Waals surface area contributed by atoms with E-state index in [9.17, 15) is 8.42 Å². The Morgan fingerprint density at radius 1 is 1.32 bits per heavy atom. The molecule has 1 fully saturated rings. The number of hydrogen-bond acceptors (Lipinski definition) is 5. The number of imidazole rings is 1. The fourth-order valence-corrected chi connectivity index (χ4v) is 4.13. The third kappa shape index (κ3) is 3.58. The van der Waals surface area contributed by atoms with E-state index >= 15 is 0 Å². The van der Waals surface area contributed by atoms with Crippen molar-refractivity contribution in [3.63, 3.8) is 0 Å². The summed E-state index contributed by atoms with van der Waals surface area (Å²) in [5.74, 6) is 0.640. The first-order valence-corrected chi connectivity index (χ1v) is 9.54. The zero-order valence-electron chi connectivity index (χ0n) is 14.2. The predicted octanol–water partition coefficient (Wildman–Crippen LogP) is 1.50. The number of nitrogens with zero attached hydrogens (tertiary/aromatic N) is 4. The van der Waals surface area contributed by atoms with Gasteiger partial charge in [-0.2, -0.15) is 5.26 Å². The van der Waals surface area contributed by atoms with Gasteiger partial charge in [0.05, 0.1) is 36.6 Å². The van der Waals surface area contributed by atoms with Gasteiger partial charge in [-0.3, -0.25) is 0 Å². The fourth-order valence-electron chi connectivity index (χ4n) is 2.97. The molecule has 0 aliphatic carbocycles. The summed E-state index contributed by atoms with van der Waals surface area (Å²) in [6, 6.07) is 9.18. The van der Waals surface area contributed by atoms with Crippen LogP contribution in [0.5, 0.6) is 0 Å². The Morgan fingerprint density at radius 3 is 2.68 bits per heavy atom. The highest BCUT2D eigenvalue weighted by molar-refractivity contribution is 7.89. The van der Waals surface area contributed by atoms with Crippen LogP contribution in [0.15, 0.2) is 36.7 Å². The van der Waals surface area contributed by atoms with Gasteiger partial charge in [0.1, 0.15) is 5.82 Å². The average Bonchev–Trinajstić information content (AvgIpc) is 3.23. The molecule has 25 heavy (non-hydrogen) atoms. The molecule has 1 saturated heterocycles. The van der Waals surface area contributed by atoms with E-state index in [1.165, 1.54) is 4.31 Å². The van der Waals surface area contributed by atoms with Crippen LogP contribution in [0.2, 0.25) is 0 Å². The van der Waals surface area contributed by atoms with E-state index < -0.39 is 10.0 Å². The number of ether oxygens (including phenoxy) is 1. The molecule has 7 nitrogen and oxygen atoms in total. The minimum Gasteiger partial charge on any atom is -0.379 e. The van der Waals surface area contributed by atoms with E-state index in [0.717, 1.165) is 11.4 Å². The lowest BCUT2D eigenvalue weighted by Gasteiger charge is -2.22. The zero-order valence-corrected chi connectivity index (χ0v) is 15.0. The van der Waals surface area contributed by atoms with E-state index in [-0.39, 0.29) is 17.7 Å². The highest BCUT2D eigenvalue weighted by atomic mass is 32.2. The average molecular weight is 360 g/mol. The van der Waals surface area contributed by atoms with E-state index in [4.69, 9.17) is 10.00 Å². The molecule has 1 aliphatic heterocycles. The topological polar surface area (TPSA) is 88.2 Å². The Bertz CT molecular complexity index is 881. The summed E-state index contributed by atoms with van der Waals surface area (Å²) in [5.41, 5.74) is 1.46. The van der Waals surface area contributed by atoms with Crippen LogP contribution in [-0.4, -0.2) is 55.3 Å². The van der Waals surface area contributed by atoms with E-state index in [2.05, 4.69) is 11.1 Å². The van der Waals surface area contributed by atoms with Crippen LogP contribution in [0.25, 0.3) is 11.4 Å². The number of nitriles is 1. The lowest BCUT2D eigenvalue weighted by molar-refractivity contribution is 0.182. The quantitative estimate of drug-likeness (QED) is 0.806. The fraction of sp³-hybridized carbons (Fsp3) is 0.412. The Labute approximate surface area is 147 Å². The number of aromatic nitrogens is 2. The molecule has 2 aromatic rings. The summed E-state index contributed by atoms with van der Waals surface area (Å²) in [6.45, 7) is 0.857. The van der Waals surface area contributed by atoms with Crippen molar-refractivity contribution in [1.29, 1.82) is 5.26 Å². The summed E-state index contributed by atoms with van der Waals surface area (Å²) in [4.78, 5) is 4.42. The molecule has 0 amide bonds. The summed E-state index contributed by atoms with van der Waals surface area (Å²) in [5, 5.41) is 8.93. The smallest absolute Gasteiger partial charge is 0.214 e. The molecule has 0 bridgehead atoms. The van der Waals surface area contributed by atoms with Crippen molar-refractivity contribution in [2.24, 2.45) is 5.92 Å². The van der Waals surface area contributed by atoms with Gasteiger partial charge in [-0.1, -0.05) is 0 Å². The molecular formula is C17H20N4O3S. The first-order valence-electron chi connectivity index (χ1n) is 7.93. The van der Waals surface area contributed by atoms with Crippen LogP contribution in [0.1, 0.15) is 11.6 Å². The lowest BCUT2D eigenvalue weighted by Crippen LogP contribution is -2.32. The van der Waals surface area contributed by atoms with E-state index in [1.54, 1.807) is 32.4 Å². The molecular weight excluding hydrogens is 340 g/mol. The maximum atomic E-state index is 12.2. The van der Waals surface area contributed by atoms with Gasteiger partial charge in [0, 0.05) is 38.0 Å². The molecule has 0 radical (unpaired) electrons. The van der Waals surface area contributed by atoms with Crippen molar-refractivity contribution in [3.05, 3.63) is 42.2 Å². The Balaban J connectivity index is 1.89. The van der Waals surface area contributed by atoms with Crippen molar-refractivity contribution in [3.8, 4) is 17.5 Å². The molecule has 1 aliphatic rings. The molecule has 0 unspecified atom stereocenters. The van der Waals surface area contributed by atoms with Crippen LogP contribution in [0.4, 0.5) is 0 Å². The third-order valence-corrected chi connectivity index (χ3v) is 6.41. The van der Waals surface area contributed by atoms with Gasteiger partial charge in [-0.15, -0.1) is 0 Å². The molecule has 8 heteroatoms. The van der Waals surface area contributed by atoms with Crippen LogP contribution >= 0.6 is 0 Å². The first-order chi connectivity index (χ1) is 11.9. The SMILES string of the molecule is CN(C)S(=O)(=O)C[C@@H]1COC[C@H]1n1ccnc1-c1ccc(C#N)cc1. The molecule has 1 aromatic heterocycles. The zero-order chi connectivity index (χ0) is 18.0. The lowest BCUT2D eigenvalue weighted by atomic mass is 10.1. The first kappa shape index (κ1) is 17.6. The van der Waals surface area contributed by atoms with Crippen molar-refractivity contribution >= 4 is 10.0 Å². The molecule has 2 atom stereocenters. The highest BCUT2D eigenvalue weighted by Gasteiger charge is 2.35. The largest absolute Gasteiger partial charge is 0.379 e. The summed E-state index contributed by atoms with van der Waals surface area (Å²) < 4.78 is 33.3. The van der Waals surface area contributed by atoms with Gasteiger partial charge >= 0.3 is 0 Å². The number of hydrogen-bond donors (Lipinski definition) is 0. The Kier molecular flexibility index (Phi) is 4.90. The number of sulfonamides is 1. The molecule has 0 N–H and O–H groups in total. The molecule has 3 rings (SSSR count). The molecule has 2 heterocycles. The van der Waals surface area contributed by atoms with Gasteiger partial charge in [0.2, 0.25) is 10.0 Å². The summed E-state index contributed by atoms with van der Waals surface area (Å²) in [6.07, 6.45) is 3.55. The molecule has 132 valence electrons. The summed E-state index contributed by atoms with van der Waals surface area (Å²) in [7, 11) is -0.226. The van der Waals surface area contributed by atoms with Gasteiger partial charge < -0.3 is 9.30 Å². The van der Waals surface area contributed by atoms with E-state index in [0.29, 0.717) is 18.8 Å².